The van der Waals surface area contributed by atoms with Crippen molar-refractivity contribution >= 4 is 21.6 Å². The zero-order chi connectivity index (χ0) is 9.14. The summed E-state index contributed by atoms with van der Waals surface area (Å²) in [5, 5.41) is 0. The van der Waals surface area contributed by atoms with Crippen molar-refractivity contribution in [3.63, 3.8) is 0 Å². The van der Waals surface area contributed by atoms with Crippen LogP contribution in [-0.2, 0) is 0 Å². The van der Waals surface area contributed by atoms with Crippen molar-refractivity contribution in [2.75, 3.05) is 4.72 Å². The molecule has 58 valence electrons. The van der Waals surface area contributed by atoms with Gasteiger partial charge in [-0.3, -0.25) is 0 Å². The fourth-order valence-corrected chi connectivity index (χ4v) is 1.03. The first kappa shape index (κ1) is 9.24. The average Bonchev–Trinajstić information content (AvgIpc) is 2.04. The van der Waals surface area contributed by atoms with Crippen molar-refractivity contribution in [3.8, 4) is 0 Å². The van der Waals surface area contributed by atoms with E-state index in [4.69, 9.17) is 16.0 Å². The first-order valence-electron chi connectivity index (χ1n) is 4.00. The number of nitrogens with zero attached hydrogens (tertiary/aromatic N) is 1. The van der Waals surface area contributed by atoms with E-state index in [9.17, 15) is 0 Å². The maximum absolute atomic E-state index is 5.35. The number of benzene rings is 1. The van der Waals surface area contributed by atoms with Crippen molar-refractivity contribution in [1.29, 1.82) is 0 Å². The van der Waals surface area contributed by atoms with E-state index in [1.54, 1.807) is 0 Å². The highest BCUT2D eigenvalue weighted by Gasteiger charge is 1.98. The molecule has 0 aliphatic rings. The third-order valence-corrected chi connectivity index (χ3v) is 1.86. The highest BCUT2D eigenvalue weighted by atomic mass is 14.9. The summed E-state index contributed by atoms with van der Waals surface area (Å²) in [6.07, 6.45) is 0. The maximum Gasteiger partial charge on any atom is 0.209 e. The Morgan fingerprint density at radius 1 is 1.08 bits per heavy atom. The molecular formula is C9H11B2N. The van der Waals surface area contributed by atoms with E-state index in [0.717, 1.165) is 10.4 Å². The molecule has 1 rings (SSSR count). The molecule has 0 saturated heterocycles. The van der Waals surface area contributed by atoms with Crippen LogP contribution in [0.1, 0.15) is 25.3 Å². The van der Waals surface area contributed by atoms with Gasteiger partial charge in [-0.05, 0) is 23.6 Å². The third kappa shape index (κ3) is 2.07. The molecule has 0 aliphatic heterocycles. The Morgan fingerprint density at radius 3 is 1.92 bits per heavy atom. The van der Waals surface area contributed by atoms with Crippen molar-refractivity contribution in [2.45, 2.75) is 19.8 Å². The summed E-state index contributed by atoms with van der Waals surface area (Å²) in [5.74, 6) is 0.544. The van der Waals surface area contributed by atoms with Crippen LogP contribution in [0, 0.1) is 0 Å². The topological polar surface area (TPSA) is 3.24 Å². The van der Waals surface area contributed by atoms with E-state index >= 15 is 0 Å². The van der Waals surface area contributed by atoms with Gasteiger partial charge in [0.05, 0.1) is 0 Å². The Morgan fingerprint density at radius 2 is 1.58 bits per heavy atom. The molecule has 0 N–H and O–H groups in total. The van der Waals surface area contributed by atoms with Gasteiger partial charge in [0.1, 0.15) is 0 Å². The average molecular weight is 155 g/mol. The van der Waals surface area contributed by atoms with Crippen molar-refractivity contribution in [3.05, 3.63) is 29.8 Å². The quantitative estimate of drug-likeness (QED) is 0.588. The van der Waals surface area contributed by atoms with Crippen molar-refractivity contribution < 1.29 is 0 Å². The molecule has 1 aromatic carbocycles. The molecule has 0 saturated carbocycles. The van der Waals surface area contributed by atoms with Gasteiger partial charge in [-0.15, -0.1) is 0 Å². The molecule has 1 nitrogen and oxygen atoms in total. The van der Waals surface area contributed by atoms with E-state index in [-0.39, 0.29) is 0 Å². The first-order chi connectivity index (χ1) is 5.61. The standard InChI is InChI=1S/C9H11B2N/c1-7(2)8-3-5-9(6-4-8)12(10)11/h3-7H,1-2H3. The molecule has 0 aliphatic carbocycles. The monoisotopic (exact) mass is 155 g/mol. The van der Waals surface area contributed by atoms with Crippen molar-refractivity contribution in [1.82, 2.24) is 0 Å². The minimum atomic E-state index is 0.544. The lowest BCUT2D eigenvalue weighted by Gasteiger charge is -2.14. The number of anilines is 1. The highest BCUT2D eigenvalue weighted by Crippen LogP contribution is 2.17. The molecule has 12 heavy (non-hydrogen) atoms. The van der Waals surface area contributed by atoms with Gasteiger partial charge in [-0.1, -0.05) is 26.0 Å². The van der Waals surface area contributed by atoms with Crippen LogP contribution in [0.3, 0.4) is 0 Å². The normalized spacial score (nSPS) is 10.2. The molecule has 0 amide bonds. The van der Waals surface area contributed by atoms with Gasteiger partial charge in [-0.25, -0.2) is 0 Å². The van der Waals surface area contributed by atoms with Crippen molar-refractivity contribution in [2.24, 2.45) is 0 Å². The summed E-state index contributed by atoms with van der Waals surface area (Å²) in [6, 6.07) is 7.89. The number of hydrogen-bond donors (Lipinski definition) is 0. The summed E-state index contributed by atoms with van der Waals surface area (Å²) in [6.45, 7) is 4.30. The molecule has 1 aromatic rings. The predicted molar refractivity (Wildman–Crippen MR) is 54.5 cm³/mol. The number of rotatable bonds is 2. The molecule has 0 heterocycles. The fraction of sp³-hybridized carbons (Fsp3) is 0.333. The minimum Gasteiger partial charge on any atom is -0.479 e. The fourth-order valence-electron chi connectivity index (χ4n) is 1.03. The van der Waals surface area contributed by atoms with Gasteiger partial charge in [0, 0.05) is 5.69 Å². The molecule has 3 heteroatoms. The van der Waals surface area contributed by atoms with Crippen LogP contribution in [0.15, 0.2) is 24.3 Å². The van der Waals surface area contributed by atoms with Gasteiger partial charge >= 0.3 is 0 Å². The minimum absolute atomic E-state index is 0.544. The first-order valence-corrected chi connectivity index (χ1v) is 4.00. The maximum atomic E-state index is 5.35. The summed E-state index contributed by atoms with van der Waals surface area (Å²) < 4.78 is 1.12. The Hall–Kier alpha value is -0.850. The third-order valence-electron chi connectivity index (χ3n) is 1.86. The molecule has 0 aromatic heterocycles. The van der Waals surface area contributed by atoms with E-state index in [2.05, 4.69) is 13.8 Å². The van der Waals surface area contributed by atoms with Crippen LogP contribution in [0.5, 0.6) is 0 Å². The predicted octanol–water partition coefficient (Wildman–Crippen LogP) is 1.78. The van der Waals surface area contributed by atoms with E-state index in [1.807, 2.05) is 24.3 Å². The highest BCUT2D eigenvalue weighted by molar-refractivity contribution is 6.41. The lowest BCUT2D eigenvalue weighted by molar-refractivity contribution is 0.867. The van der Waals surface area contributed by atoms with Gasteiger partial charge in [0.15, 0.2) is 0 Å². The lowest BCUT2D eigenvalue weighted by Crippen LogP contribution is -2.13. The van der Waals surface area contributed by atoms with Crippen LogP contribution in [0.2, 0.25) is 0 Å². The molecular weight excluding hydrogens is 144 g/mol. The Bertz CT molecular complexity index is 214. The zero-order valence-electron chi connectivity index (χ0n) is 7.49. The molecule has 0 atom stereocenters. The Kier molecular flexibility index (Phi) is 2.85. The van der Waals surface area contributed by atoms with Gasteiger partial charge in [0.2, 0.25) is 16.0 Å². The summed E-state index contributed by atoms with van der Waals surface area (Å²) >= 11 is 0. The second-order valence-corrected chi connectivity index (χ2v) is 3.15. The van der Waals surface area contributed by atoms with Gasteiger partial charge < -0.3 is 4.72 Å². The molecule has 0 bridgehead atoms. The molecule has 0 unspecified atom stereocenters. The summed E-state index contributed by atoms with van der Waals surface area (Å²) in [4.78, 5) is 0. The van der Waals surface area contributed by atoms with Crippen LogP contribution in [0.25, 0.3) is 0 Å². The lowest BCUT2D eigenvalue weighted by atomic mass is 10.0. The van der Waals surface area contributed by atoms with Crippen LogP contribution in [-0.4, -0.2) is 16.0 Å². The van der Waals surface area contributed by atoms with Crippen LogP contribution >= 0.6 is 0 Å². The van der Waals surface area contributed by atoms with Crippen LogP contribution < -0.4 is 4.72 Å². The summed E-state index contributed by atoms with van der Waals surface area (Å²) in [5.41, 5.74) is 2.11. The zero-order valence-corrected chi connectivity index (χ0v) is 7.49. The second-order valence-electron chi connectivity index (χ2n) is 3.15. The van der Waals surface area contributed by atoms with Crippen LogP contribution in [0.4, 0.5) is 5.69 Å². The van der Waals surface area contributed by atoms with Gasteiger partial charge in [-0.2, -0.15) is 0 Å². The Balaban J connectivity index is 2.86. The van der Waals surface area contributed by atoms with E-state index in [0.29, 0.717) is 5.92 Å². The molecule has 4 radical (unpaired) electrons. The Labute approximate surface area is 76.6 Å². The molecule has 0 spiro atoms. The number of hydrogen-bond acceptors (Lipinski definition) is 1. The van der Waals surface area contributed by atoms with Gasteiger partial charge in [0.25, 0.3) is 0 Å². The smallest absolute Gasteiger partial charge is 0.209 e. The van der Waals surface area contributed by atoms with E-state index < -0.39 is 0 Å². The SMILES string of the molecule is [B]N([B])c1ccc(C(C)C)cc1. The molecule has 0 fully saturated rings. The van der Waals surface area contributed by atoms with E-state index in [1.165, 1.54) is 5.56 Å². The largest absolute Gasteiger partial charge is 0.479 e. The summed E-state index contributed by atoms with van der Waals surface area (Å²) in [7, 11) is 10.7. The second kappa shape index (κ2) is 3.70.